The number of nitro groups is 1. The number of carbonyl (C=O) groups excluding carboxylic acids is 1. The number of nitro benzene ring substituents is 1. The standard InChI is InChI=1S/C12H12F3NO4S/c1-7(5-11(17)20-2)21-10-4-3-8(16(18)19)6-9(10)12(13,14)15/h3-4,6-7H,5H2,1-2H3. The Balaban J connectivity index is 3.06. The molecule has 21 heavy (non-hydrogen) atoms. The zero-order chi connectivity index (χ0) is 16.2. The Morgan fingerprint density at radius 3 is 2.57 bits per heavy atom. The zero-order valence-corrected chi connectivity index (χ0v) is 12.0. The molecule has 1 unspecified atom stereocenters. The topological polar surface area (TPSA) is 69.4 Å². The summed E-state index contributed by atoms with van der Waals surface area (Å²) in [6, 6.07) is 2.54. The molecule has 0 fully saturated rings. The van der Waals surface area contributed by atoms with E-state index in [-0.39, 0.29) is 11.3 Å². The highest BCUT2D eigenvalue weighted by Crippen LogP contribution is 2.40. The van der Waals surface area contributed by atoms with Gasteiger partial charge in [0.2, 0.25) is 0 Å². The molecule has 9 heteroatoms. The molecule has 0 aliphatic carbocycles. The summed E-state index contributed by atoms with van der Waals surface area (Å²) in [4.78, 5) is 20.6. The molecule has 1 atom stereocenters. The lowest BCUT2D eigenvalue weighted by atomic mass is 10.2. The van der Waals surface area contributed by atoms with E-state index in [4.69, 9.17) is 0 Å². The van der Waals surface area contributed by atoms with E-state index < -0.39 is 33.6 Å². The molecule has 0 aliphatic heterocycles. The molecule has 1 aromatic rings. The summed E-state index contributed by atoms with van der Waals surface area (Å²) in [6.07, 6.45) is -4.77. The molecule has 0 saturated carbocycles. The summed E-state index contributed by atoms with van der Waals surface area (Å²) in [7, 11) is 1.19. The third-order valence-electron chi connectivity index (χ3n) is 2.49. The number of hydrogen-bond acceptors (Lipinski definition) is 5. The van der Waals surface area contributed by atoms with Crippen LogP contribution in [0.5, 0.6) is 0 Å². The van der Waals surface area contributed by atoms with E-state index in [1.807, 2.05) is 0 Å². The van der Waals surface area contributed by atoms with Crippen LogP contribution in [-0.2, 0) is 15.7 Å². The fourth-order valence-electron chi connectivity index (χ4n) is 1.53. The van der Waals surface area contributed by atoms with Gasteiger partial charge in [-0.25, -0.2) is 0 Å². The number of nitrogens with zero attached hydrogens (tertiary/aromatic N) is 1. The lowest BCUT2D eigenvalue weighted by Gasteiger charge is -2.15. The Bertz CT molecular complexity index is 548. The number of methoxy groups -OCH3 is 1. The van der Waals surface area contributed by atoms with E-state index in [1.54, 1.807) is 6.92 Å². The lowest BCUT2D eigenvalue weighted by Crippen LogP contribution is -2.11. The van der Waals surface area contributed by atoms with Gasteiger partial charge in [0.05, 0.1) is 24.0 Å². The fourth-order valence-corrected chi connectivity index (χ4v) is 2.63. The van der Waals surface area contributed by atoms with Gasteiger partial charge in [-0.1, -0.05) is 6.92 Å². The van der Waals surface area contributed by atoms with Gasteiger partial charge in [0.25, 0.3) is 5.69 Å². The Labute approximate surface area is 122 Å². The number of rotatable bonds is 5. The number of hydrogen-bond donors (Lipinski definition) is 0. The molecule has 0 N–H and O–H groups in total. The van der Waals surface area contributed by atoms with Crippen LogP contribution in [0.2, 0.25) is 0 Å². The minimum Gasteiger partial charge on any atom is -0.469 e. The maximum Gasteiger partial charge on any atom is 0.417 e. The monoisotopic (exact) mass is 323 g/mol. The summed E-state index contributed by atoms with van der Waals surface area (Å²) in [5.41, 5.74) is -1.72. The highest BCUT2D eigenvalue weighted by molar-refractivity contribution is 8.00. The van der Waals surface area contributed by atoms with Crippen LogP contribution in [0.25, 0.3) is 0 Å². The van der Waals surface area contributed by atoms with Crippen LogP contribution in [0.3, 0.4) is 0 Å². The van der Waals surface area contributed by atoms with E-state index in [0.29, 0.717) is 6.07 Å². The van der Waals surface area contributed by atoms with Crippen molar-refractivity contribution in [2.24, 2.45) is 0 Å². The summed E-state index contributed by atoms with van der Waals surface area (Å²) >= 11 is 0.818. The van der Waals surface area contributed by atoms with Crippen LogP contribution >= 0.6 is 11.8 Å². The zero-order valence-electron chi connectivity index (χ0n) is 11.1. The van der Waals surface area contributed by atoms with Gasteiger partial charge in [0.1, 0.15) is 0 Å². The minimum absolute atomic E-state index is 0.0601. The van der Waals surface area contributed by atoms with Crippen molar-refractivity contribution >= 4 is 23.4 Å². The number of alkyl halides is 3. The molecule has 116 valence electrons. The second-order valence-corrected chi connectivity index (χ2v) is 5.62. The SMILES string of the molecule is COC(=O)CC(C)Sc1ccc([N+](=O)[O-])cc1C(F)(F)F. The highest BCUT2D eigenvalue weighted by atomic mass is 32.2. The Hall–Kier alpha value is -1.77. The van der Waals surface area contributed by atoms with Crippen LogP contribution in [0.1, 0.15) is 18.9 Å². The first kappa shape index (κ1) is 17.3. The van der Waals surface area contributed by atoms with Crippen molar-refractivity contribution in [3.05, 3.63) is 33.9 Å². The molecule has 1 aromatic carbocycles. The van der Waals surface area contributed by atoms with Gasteiger partial charge in [0, 0.05) is 22.3 Å². The molecule has 0 bridgehead atoms. The Kier molecular flexibility index (Phi) is 5.59. The number of benzene rings is 1. The van der Waals surface area contributed by atoms with Crippen LogP contribution in [0, 0.1) is 10.1 Å². The van der Waals surface area contributed by atoms with E-state index in [9.17, 15) is 28.1 Å². The van der Waals surface area contributed by atoms with Gasteiger partial charge >= 0.3 is 12.1 Å². The summed E-state index contributed by atoms with van der Waals surface area (Å²) in [5.74, 6) is -0.537. The first-order valence-electron chi connectivity index (χ1n) is 5.74. The maximum atomic E-state index is 12.9. The van der Waals surface area contributed by atoms with Crippen LogP contribution in [0.4, 0.5) is 18.9 Å². The van der Waals surface area contributed by atoms with Gasteiger partial charge in [-0.2, -0.15) is 13.2 Å². The van der Waals surface area contributed by atoms with Crippen molar-refractivity contribution in [2.45, 2.75) is 29.7 Å². The molecular weight excluding hydrogens is 311 g/mol. The number of non-ortho nitro benzene ring substituents is 1. The van der Waals surface area contributed by atoms with Crippen LogP contribution in [0.15, 0.2) is 23.1 Å². The first-order chi connectivity index (χ1) is 9.65. The van der Waals surface area contributed by atoms with Crippen molar-refractivity contribution in [3.63, 3.8) is 0 Å². The number of carbonyl (C=O) groups is 1. The highest BCUT2D eigenvalue weighted by Gasteiger charge is 2.35. The predicted molar refractivity (Wildman–Crippen MR) is 70.1 cm³/mol. The second-order valence-electron chi connectivity index (χ2n) is 4.14. The average Bonchev–Trinajstić information content (AvgIpc) is 2.37. The molecule has 0 radical (unpaired) electrons. The van der Waals surface area contributed by atoms with Crippen molar-refractivity contribution in [3.8, 4) is 0 Å². The Morgan fingerprint density at radius 2 is 2.10 bits per heavy atom. The maximum absolute atomic E-state index is 12.9. The van der Waals surface area contributed by atoms with E-state index in [0.717, 1.165) is 23.9 Å². The van der Waals surface area contributed by atoms with Gasteiger partial charge in [-0.15, -0.1) is 11.8 Å². The van der Waals surface area contributed by atoms with E-state index >= 15 is 0 Å². The molecular formula is C12H12F3NO4S. The largest absolute Gasteiger partial charge is 0.469 e. The summed E-state index contributed by atoms with van der Waals surface area (Å²) in [6.45, 7) is 1.57. The first-order valence-corrected chi connectivity index (χ1v) is 6.62. The van der Waals surface area contributed by atoms with Crippen molar-refractivity contribution in [1.82, 2.24) is 0 Å². The van der Waals surface area contributed by atoms with Crippen molar-refractivity contribution < 1.29 is 27.6 Å². The molecule has 0 saturated heterocycles. The van der Waals surface area contributed by atoms with Crippen LogP contribution in [-0.4, -0.2) is 23.3 Å². The van der Waals surface area contributed by atoms with Gasteiger partial charge in [-0.3, -0.25) is 14.9 Å². The molecule has 0 heterocycles. The minimum atomic E-state index is -4.71. The number of halogens is 3. The number of esters is 1. The summed E-state index contributed by atoms with van der Waals surface area (Å²) in [5, 5.41) is 10.1. The lowest BCUT2D eigenvalue weighted by molar-refractivity contribution is -0.385. The third kappa shape index (κ3) is 4.92. The van der Waals surface area contributed by atoms with Crippen molar-refractivity contribution in [1.29, 1.82) is 0 Å². The van der Waals surface area contributed by atoms with E-state index in [1.165, 1.54) is 7.11 Å². The third-order valence-corrected chi connectivity index (χ3v) is 3.67. The normalized spacial score (nSPS) is 12.8. The smallest absolute Gasteiger partial charge is 0.417 e. The van der Waals surface area contributed by atoms with Crippen LogP contribution < -0.4 is 0 Å². The fraction of sp³-hybridized carbons (Fsp3) is 0.417. The van der Waals surface area contributed by atoms with Gasteiger partial charge < -0.3 is 4.74 Å². The molecule has 5 nitrogen and oxygen atoms in total. The quantitative estimate of drug-likeness (QED) is 0.358. The molecule has 0 aromatic heterocycles. The number of ether oxygens (including phenoxy) is 1. The predicted octanol–water partition coefficient (Wildman–Crippen LogP) is 3.66. The average molecular weight is 323 g/mol. The van der Waals surface area contributed by atoms with Gasteiger partial charge in [0.15, 0.2) is 0 Å². The van der Waals surface area contributed by atoms with Crippen molar-refractivity contribution in [2.75, 3.05) is 7.11 Å². The van der Waals surface area contributed by atoms with Gasteiger partial charge in [-0.05, 0) is 6.07 Å². The van der Waals surface area contributed by atoms with E-state index in [2.05, 4.69) is 4.74 Å². The number of thioether (sulfide) groups is 1. The molecule has 0 spiro atoms. The Morgan fingerprint density at radius 1 is 1.48 bits per heavy atom. The summed E-state index contributed by atoms with van der Waals surface area (Å²) < 4.78 is 43.3. The molecule has 0 amide bonds. The molecule has 0 aliphatic rings. The molecule has 1 rings (SSSR count). The second kappa shape index (κ2) is 6.79.